The van der Waals surface area contributed by atoms with Crippen molar-refractivity contribution >= 4 is 11.8 Å². The van der Waals surface area contributed by atoms with Crippen LogP contribution in [0.25, 0.3) is 0 Å². The van der Waals surface area contributed by atoms with Crippen molar-refractivity contribution in [1.82, 2.24) is 0 Å². The van der Waals surface area contributed by atoms with Gasteiger partial charge < -0.3 is 0 Å². The van der Waals surface area contributed by atoms with Crippen LogP contribution in [0.1, 0.15) is 52.7 Å². The largest absolute Gasteiger partial charge is 0.125 e. The van der Waals surface area contributed by atoms with E-state index in [0.717, 1.165) is 0 Å². The van der Waals surface area contributed by atoms with Crippen LogP contribution in [0.5, 0.6) is 0 Å². The zero-order chi connectivity index (χ0) is 15.4. The van der Waals surface area contributed by atoms with Crippen molar-refractivity contribution in [2.75, 3.05) is 0 Å². The predicted octanol–water partition coefficient (Wildman–Crippen LogP) is 5.64. The van der Waals surface area contributed by atoms with Crippen molar-refractivity contribution in [3.8, 4) is 0 Å². The number of rotatable bonds is 1. The second-order valence-corrected chi connectivity index (χ2v) is 9.07. The third-order valence-corrected chi connectivity index (χ3v) is 6.64. The van der Waals surface area contributed by atoms with Crippen molar-refractivity contribution in [2.45, 2.75) is 57.6 Å². The third kappa shape index (κ3) is 2.30. The van der Waals surface area contributed by atoms with E-state index in [1.807, 2.05) is 11.8 Å². The Morgan fingerprint density at radius 3 is 2.33 bits per heavy atom. The Hall–Kier alpha value is -0.950. The van der Waals surface area contributed by atoms with Crippen LogP contribution in [0, 0.1) is 12.0 Å². The highest BCUT2D eigenvalue weighted by Gasteiger charge is 2.49. The summed E-state index contributed by atoms with van der Waals surface area (Å²) in [6, 6.07) is 9.33. The Labute approximate surface area is 133 Å². The highest BCUT2D eigenvalue weighted by molar-refractivity contribution is 8.04. The molecule has 0 spiro atoms. The molecule has 21 heavy (non-hydrogen) atoms. The maximum atomic E-state index is 3.55. The second kappa shape index (κ2) is 4.78. The fraction of sp³-hybridized carbons (Fsp3) is 0.500. The molecule has 2 aliphatic rings. The van der Waals surface area contributed by atoms with Crippen LogP contribution in [0.15, 0.2) is 40.8 Å². The van der Waals surface area contributed by atoms with Crippen molar-refractivity contribution in [3.05, 3.63) is 58.0 Å². The minimum atomic E-state index is 0.182. The minimum absolute atomic E-state index is 0.182. The quantitative estimate of drug-likeness (QED) is 0.646. The molecule has 0 aromatic heterocycles. The van der Waals surface area contributed by atoms with E-state index in [-0.39, 0.29) is 10.8 Å². The summed E-state index contributed by atoms with van der Waals surface area (Å²) in [6.45, 7) is 13.8. The molecule has 1 fully saturated rings. The molecule has 3 unspecified atom stereocenters. The lowest BCUT2D eigenvalue weighted by Gasteiger charge is -2.34. The first-order valence-corrected chi connectivity index (χ1v) is 8.71. The number of hydrogen-bond donors (Lipinski definition) is 0. The Kier molecular flexibility index (Phi) is 3.40. The molecule has 111 valence electrons. The van der Waals surface area contributed by atoms with Gasteiger partial charge in [-0.2, -0.15) is 0 Å². The van der Waals surface area contributed by atoms with E-state index in [9.17, 15) is 0 Å². The molecule has 1 radical (unpaired) electrons. The van der Waals surface area contributed by atoms with Crippen molar-refractivity contribution in [1.29, 1.82) is 0 Å². The molecule has 1 heteroatoms. The van der Waals surface area contributed by atoms with Gasteiger partial charge in [0, 0.05) is 21.5 Å². The molecule has 0 amide bonds. The maximum absolute atomic E-state index is 3.55. The van der Waals surface area contributed by atoms with E-state index in [0.29, 0.717) is 11.2 Å². The SMILES string of the molecule is CC1=CC2C(=[C]1)SC(C)C2(C)c1ccc(C(C)(C)C)cc1. The van der Waals surface area contributed by atoms with Crippen molar-refractivity contribution in [2.24, 2.45) is 5.92 Å². The summed E-state index contributed by atoms with van der Waals surface area (Å²) >= 11 is 2.00. The zero-order valence-corrected chi connectivity index (χ0v) is 14.8. The fourth-order valence-corrected chi connectivity index (χ4v) is 5.08. The van der Waals surface area contributed by atoms with Gasteiger partial charge in [0.15, 0.2) is 0 Å². The first kappa shape index (κ1) is 15.0. The normalized spacial score (nSPS) is 31.9. The standard InChI is InChI=1S/C20H25S/c1-13-11-17-18(12-13)21-14(2)20(17,6)16-9-7-15(8-10-16)19(3,4)5/h7-11,14,17H,1-6H3. The third-order valence-electron chi connectivity index (χ3n) is 5.19. The average Bonchev–Trinajstić information content (AvgIpc) is 2.87. The smallest absolute Gasteiger partial charge is 0.0195 e. The summed E-state index contributed by atoms with van der Waals surface area (Å²) in [5.74, 6) is 0.512. The van der Waals surface area contributed by atoms with Crippen molar-refractivity contribution in [3.63, 3.8) is 0 Å². The number of fused-ring (bicyclic) bond motifs is 1. The first-order valence-electron chi connectivity index (χ1n) is 7.83. The number of allylic oxidation sites excluding steroid dienone is 4. The molecule has 3 rings (SSSR count). The summed E-state index contributed by atoms with van der Waals surface area (Å²) in [7, 11) is 0. The van der Waals surface area contributed by atoms with Crippen LogP contribution < -0.4 is 0 Å². The molecular weight excluding hydrogens is 272 g/mol. The van der Waals surface area contributed by atoms with Crippen LogP contribution in [-0.2, 0) is 10.8 Å². The van der Waals surface area contributed by atoms with Crippen LogP contribution in [-0.4, -0.2) is 5.25 Å². The van der Waals surface area contributed by atoms with E-state index >= 15 is 0 Å². The van der Waals surface area contributed by atoms with E-state index in [1.54, 1.807) is 0 Å². The van der Waals surface area contributed by atoms with Gasteiger partial charge in [-0.25, -0.2) is 0 Å². The van der Waals surface area contributed by atoms with Gasteiger partial charge >= 0.3 is 0 Å². The van der Waals surface area contributed by atoms with Gasteiger partial charge in [0.1, 0.15) is 0 Å². The first-order chi connectivity index (χ1) is 9.73. The summed E-state index contributed by atoms with van der Waals surface area (Å²) in [5.41, 5.74) is 4.57. The predicted molar refractivity (Wildman–Crippen MR) is 93.6 cm³/mol. The molecule has 1 heterocycles. The monoisotopic (exact) mass is 297 g/mol. The van der Waals surface area contributed by atoms with Gasteiger partial charge in [0.25, 0.3) is 0 Å². The Morgan fingerprint density at radius 1 is 1.14 bits per heavy atom. The van der Waals surface area contributed by atoms with Crippen LogP contribution in [0.4, 0.5) is 0 Å². The second-order valence-electron chi connectivity index (χ2n) is 7.69. The lowest BCUT2D eigenvalue weighted by atomic mass is 9.70. The molecule has 0 nitrogen and oxygen atoms in total. The number of hydrogen-bond acceptors (Lipinski definition) is 1. The number of benzene rings is 1. The van der Waals surface area contributed by atoms with E-state index in [4.69, 9.17) is 0 Å². The van der Waals surface area contributed by atoms with Crippen LogP contribution in [0.3, 0.4) is 0 Å². The Morgan fingerprint density at radius 2 is 1.76 bits per heavy atom. The molecule has 1 aromatic carbocycles. The number of thioether (sulfide) groups is 1. The van der Waals surface area contributed by atoms with Gasteiger partial charge in [-0.1, -0.05) is 65.0 Å². The topological polar surface area (TPSA) is 0 Å². The highest BCUT2D eigenvalue weighted by atomic mass is 32.2. The van der Waals surface area contributed by atoms with Gasteiger partial charge in [0.2, 0.25) is 0 Å². The van der Waals surface area contributed by atoms with Gasteiger partial charge in [0.05, 0.1) is 0 Å². The van der Waals surface area contributed by atoms with Crippen molar-refractivity contribution < 1.29 is 0 Å². The van der Waals surface area contributed by atoms with Crippen LogP contribution in [0.2, 0.25) is 0 Å². The summed E-state index contributed by atoms with van der Waals surface area (Å²) in [4.78, 5) is 1.43. The summed E-state index contributed by atoms with van der Waals surface area (Å²) < 4.78 is 0. The lowest BCUT2D eigenvalue weighted by Crippen LogP contribution is -2.34. The Balaban J connectivity index is 2.01. The molecule has 1 aromatic rings. The minimum Gasteiger partial charge on any atom is -0.125 e. The average molecular weight is 297 g/mol. The van der Waals surface area contributed by atoms with E-state index < -0.39 is 0 Å². The molecular formula is C20H25S. The van der Waals surface area contributed by atoms with Gasteiger partial charge in [-0.05, 0) is 35.1 Å². The molecule has 0 N–H and O–H groups in total. The summed E-state index contributed by atoms with van der Waals surface area (Å²) in [5, 5.41) is 0.592. The van der Waals surface area contributed by atoms with E-state index in [1.165, 1.54) is 21.6 Å². The maximum Gasteiger partial charge on any atom is 0.0195 e. The van der Waals surface area contributed by atoms with Crippen LogP contribution >= 0.6 is 11.8 Å². The molecule has 1 aliphatic heterocycles. The molecule has 1 aliphatic carbocycles. The molecule has 3 atom stereocenters. The molecule has 0 saturated carbocycles. The Bertz CT molecular complexity index is 612. The fourth-order valence-electron chi connectivity index (χ4n) is 3.50. The highest BCUT2D eigenvalue weighted by Crippen LogP contribution is 2.58. The zero-order valence-electron chi connectivity index (χ0n) is 13.9. The van der Waals surface area contributed by atoms with Gasteiger partial charge in [-0.15, -0.1) is 11.8 Å². The van der Waals surface area contributed by atoms with E-state index in [2.05, 4.69) is 78.0 Å². The lowest BCUT2D eigenvalue weighted by molar-refractivity contribution is 0.413. The van der Waals surface area contributed by atoms with Gasteiger partial charge in [-0.3, -0.25) is 0 Å². The molecule has 1 saturated heterocycles. The molecule has 0 bridgehead atoms. The summed E-state index contributed by atoms with van der Waals surface area (Å²) in [6.07, 6.45) is 5.95.